The molecule has 49 heavy (non-hydrogen) atoms. The van der Waals surface area contributed by atoms with Crippen LogP contribution in [0.2, 0.25) is 4.34 Å². The predicted octanol–water partition coefficient (Wildman–Crippen LogP) is 1.71. The fourth-order valence-corrected chi connectivity index (χ4v) is 8.70. The average molecular weight is 726 g/mol. The molecule has 4 aliphatic rings. The van der Waals surface area contributed by atoms with Crippen LogP contribution in [0.25, 0.3) is 0 Å². The summed E-state index contributed by atoms with van der Waals surface area (Å²) in [6, 6.07) is 9.48. The lowest BCUT2D eigenvalue weighted by Gasteiger charge is -2.49. The number of hydrogen-bond donors (Lipinski definition) is 3. The number of nitrogens with one attached hydrogen (secondary N) is 1. The van der Waals surface area contributed by atoms with Gasteiger partial charge in [0.05, 0.1) is 18.8 Å². The Morgan fingerprint density at radius 1 is 1.20 bits per heavy atom. The summed E-state index contributed by atoms with van der Waals surface area (Å²) in [5, 5.41) is 22.8. The van der Waals surface area contributed by atoms with Crippen LogP contribution in [0.4, 0.5) is 10.9 Å². The Hall–Kier alpha value is -4.61. The quantitative estimate of drug-likeness (QED) is 0.114. The van der Waals surface area contributed by atoms with Crippen molar-refractivity contribution in [2.75, 3.05) is 43.1 Å². The first-order valence-electron chi connectivity index (χ1n) is 15.7. The zero-order chi connectivity index (χ0) is 34.2. The van der Waals surface area contributed by atoms with Gasteiger partial charge in [-0.1, -0.05) is 52.4 Å². The Labute approximate surface area is 294 Å². The number of amides is 2. The second-order valence-corrected chi connectivity index (χ2v) is 14.6. The van der Waals surface area contributed by atoms with Crippen LogP contribution in [0.15, 0.2) is 58.1 Å². The molecule has 4 aliphatic heterocycles. The number of hydrazone groups is 1. The van der Waals surface area contributed by atoms with Crippen molar-refractivity contribution in [2.24, 2.45) is 10.3 Å². The van der Waals surface area contributed by atoms with Gasteiger partial charge in [0, 0.05) is 37.5 Å². The highest BCUT2D eigenvalue weighted by atomic mass is 35.5. The second kappa shape index (κ2) is 13.7. The summed E-state index contributed by atoms with van der Waals surface area (Å²) in [5.74, 6) is -1.08. The molecule has 6 heterocycles. The van der Waals surface area contributed by atoms with E-state index in [2.05, 4.69) is 59.4 Å². The highest BCUT2D eigenvalue weighted by Gasteiger charge is 2.55. The first-order chi connectivity index (χ1) is 23.7. The lowest BCUT2D eigenvalue weighted by Crippen LogP contribution is -2.71. The summed E-state index contributed by atoms with van der Waals surface area (Å²) in [5.41, 5.74) is 8.31. The Kier molecular flexibility index (Phi) is 9.21. The number of thioether (sulfide) groups is 1. The maximum absolute atomic E-state index is 13.3. The van der Waals surface area contributed by atoms with Crippen molar-refractivity contribution < 1.29 is 29.0 Å². The van der Waals surface area contributed by atoms with Gasteiger partial charge in [0.2, 0.25) is 0 Å². The summed E-state index contributed by atoms with van der Waals surface area (Å²) in [6.45, 7) is 4.63. The molecule has 2 aromatic heterocycles. The molecule has 256 valence electrons. The molecular weight excluding hydrogens is 692 g/mol. The highest BCUT2D eigenvalue weighted by Crippen LogP contribution is 2.40. The summed E-state index contributed by atoms with van der Waals surface area (Å²) in [6.07, 6.45) is 6.25. The lowest BCUT2D eigenvalue weighted by molar-refractivity contribution is -0.766. The number of aromatic nitrogens is 3. The molecule has 0 saturated carbocycles. The van der Waals surface area contributed by atoms with E-state index in [1.165, 1.54) is 42.2 Å². The molecule has 0 bridgehead atoms. The monoisotopic (exact) mass is 725 g/mol. The van der Waals surface area contributed by atoms with E-state index in [1.807, 2.05) is 23.2 Å². The molecule has 15 nitrogen and oxygen atoms in total. The first-order valence-corrected chi connectivity index (χ1v) is 17.9. The smallest absolute Gasteiger partial charge is 0.352 e. The molecule has 4 N–H and O–H groups in total. The zero-order valence-corrected chi connectivity index (χ0v) is 28.9. The SMILES string of the molecule is CO/N=C(\C(=O)N[C@@H]1C(=O)N2C(C(=O)O)=C(C[n+]3ccc4n3CCN4Cc3ccc(C=NN4CCCC4)cc3)CS[C@H]12)c1nc(N)sc1Cl. The number of benzene rings is 1. The number of halogens is 1. The number of aliphatic carboxylic acids is 1. The normalized spacial score (nSPS) is 20.6. The molecule has 2 saturated heterocycles. The number of carbonyl (C=O) groups excluding carboxylic acids is 2. The van der Waals surface area contributed by atoms with Crippen molar-refractivity contribution in [3.8, 4) is 0 Å². The van der Waals surface area contributed by atoms with E-state index in [1.54, 1.807) is 0 Å². The van der Waals surface area contributed by atoms with Crippen molar-refractivity contribution >= 4 is 75.4 Å². The summed E-state index contributed by atoms with van der Waals surface area (Å²) in [7, 11) is 1.26. The number of rotatable bonds is 11. The fourth-order valence-electron chi connectivity index (χ4n) is 6.44. The Morgan fingerprint density at radius 2 is 1.98 bits per heavy atom. The van der Waals surface area contributed by atoms with Crippen LogP contribution in [0.5, 0.6) is 0 Å². The molecule has 0 radical (unpaired) electrons. The molecule has 18 heteroatoms. The number of carboxylic acids is 1. The van der Waals surface area contributed by atoms with Gasteiger partial charge < -0.3 is 25.9 Å². The van der Waals surface area contributed by atoms with Crippen molar-refractivity contribution in [1.82, 2.24) is 24.9 Å². The molecule has 2 fully saturated rings. The summed E-state index contributed by atoms with van der Waals surface area (Å²) in [4.78, 5) is 51.5. The van der Waals surface area contributed by atoms with Gasteiger partial charge in [-0.15, -0.1) is 21.1 Å². The molecule has 7 rings (SSSR count). The minimum absolute atomic E-state index is 0.0309. The topological polar surface area (TPSA) is 175 Å². The van der Waals surface area contributed by atoms with E-state index in [4.69, 9.17) is 22.2 Å². The van der Waals surface area contributed by atoms with Gasteiger partial charge in [0.1, 0.15) is 34.3 Å². The number of thiazole rings is 1. The number of nitrogens with two attached hydrogens (primary N) is 1. The number of nitrogens with zero attached hydrogens (tertiary/aromatic N) is 8. The third-order valence-electron chi connectivity index (χ3n) is 8.80. The number of nitrogen functional groups attached to an aromatic ring is 1. The standard InChI is InChI=1S/C31H33ClN10O5S2/c1-47-37-23(22-26(32)49-31(33)36-22)27(43)35-24-28(44)42-25(30(45)46)20(17-48-29(24)42)16-40-11-8-21-38(12-13-41(21)40)15-19-6-4-18(5-7-19)14-34-39-9-2-3-10-39/h4-8,11,14,24,29H,2-3,9-10,12-13,15-17H2,1H3,(H3-,33,35,36,43,45,46)/p+1/b34-14?,37-23-/t24-,29-/m1/s1. The zero-order valence-electron chi connectivity index (χ0n) is 26.5. The van der Waals surface area contributed by atoms with Crippen LogP contribution in [0, 0.1) is 0 Å². The van der Waals surface area contributed by atoms with Gasteiger partial charge in [-0.05, 0) is 24.0 Å². The van der Waals surface area contributed by atoms with Crippen LogP contribution in [-0.4, -0.2) is 98.3 Å². The van der Waals surface area contributed by atoms with Crippen molar-refractivity contribution in [1.29, 1.82) is 0 Å². The summed E-state index contributed by atoms with van der Waals surface area (Å²) >= 11 is 8.54. The van der Waals surface area contributed by atoms with Gasteiger partial charge >= 0.3 is 5.97 Å². The Morgan fingerprint density at radius 3 is 2.67 bits per heavy atom. The molecule has 2 atom stereocenters. The van der Waals surface area contributed by atoms with Gasteiger partial charge in [-0.2, -0.15) is 5.10 Å². The van der Waals surface area contributed by atoms with E-state index in [0.29, 0.717) is 17.9 Å². The summed E-state index contributed by atoms with van der Waals surface area (Å²) < 4.78 is 4.27. The molecule has 0 unspecified atom stereocenters. The van der Waals surface area contributed by atoms with E-state index >= 15 is 0 Å². The van der Waals surface area contributed by atoms with Crippen LogP contribution in [0.1, 0.15) is 29.7 Å². The minimum Gasteiger partial charge on any atom is -0.477 e. The van der Waals surface area contributed by atoms with E-state index < -0.39 is 29.2 Å². The van der Waals surface area contributed by atoms with Gasteiger partial charge in [-0.25, -0.2) is 9.78 Å². The van der Waals surface area contributed by atoms with Crippen LogP contribution in [0.3, 0.4) is 0 Å². The van der Waals surface area contributed by atoms with Gasteiger partial charge in [0.15, 0.2) is 29.4 Å². The Bertz CT molecular complexity index is 1880. The van der Waals surface area contributed by atoms with E-state index in [-0.39, 0.29) is 26.6 Å². The number of fused-ring (bicyclic) bond motifs is 2. The second-order valence-electron chi connectivity index (χ2n) is 11.9. The number of hydrogen-bond acceptors (Lipinski definition) is 12. The fraction of sp³-hybridized carbons (Fsp3) is 0.387. The van der Waals surface area contributed by atoms with Gasteiger partial charge in [0.25, 0.3) is 11.8 Å². The van der Waals surface area contributed by atoms with E-state index in [9.17, 15) is 19.5 Å². The highest BCUT2D eigenvalue weighted by molar-refractivity contribution is 8.00. The molecular formula is C31H34ClN10O5S2+. The number of oxime groups is 1. The third kappa shape index (κ3) is 6.45. The van der Waals surface area contributed by atoms with Gasteiger partial charge in [-0.3, -0.25) is 19.5 Å². The van der Waals surface area contributed by atoms with Crippen molar-refractivity contribution in [2.45, 2.75) is 43.9 Å². The Balaban J connectivity index is 1.02. The number of β-lactam (4-membered cyclic amide) rings is 1. The van der Waals surface area contributed by atoms with E-state index in [0.717, 1.165) is 55.4 Å². The lowest BCUT2D eigenvalue weighted by atomic mass is 10.0. The first kappa shape index (κ1) is 32.9. The van der Waals surface area contributed by atoms with Crippen molar-refractivity contribution in [3.05, 3.63) is 69.0 Å². The molecule has 0 aliphatic carbocycles. The van der Waals surface area contributed by atoms with Crippen LogP contribution in [-0.2, 0) is 38.9 Å². The maximum Gasteiger partial charge on any atom is 0.352 e. The number of anilines is 2. The largest absolute Gasteiger partial charge is 0.477 e. The number of carboxylic acid groups (broad SMARTS) is 1. The van der Waals surface area contributed by atoms with Crippen LogP contribution < -0.4 is 20.6 Å². The average Bonchev–Trinajstić information content (AvgIpc) is 3.89. The minimum atomic E-state index is -1.20. The van der Waals surface area contributed by atoms with Crippen LogP contribution >= 0.6 is 34.7 Å². The number of carbonyl (C=O) groups is 3. The molecule has 2 amide bonds. The third-order valence-corrected chi connectivity index (χ3v) is 11.2. The molecule has 3 aromatic rings. The predicted molar refractivity (Wildman–Crippen MR) is 185 cm³/mol. The van der Waals surface area contributed by atoms with Crippen molar-refractivity contribution in [3.63, 3.8) is 0 Å². The maximum atomic E-state index is 13.3. The molecule has 1 aromatic carbocycles. The molecule has 0 spiro atoms.